The summed E-state index contributed by atoms with van der Waals surface area (Å²) in [5.74, 6) is -0.875. The molecule has 0 saturated carbocycles. The van der Waals surface area contributed by atoms with Crippen molar-refractivity contribution in [3.05, 3.63) is 36.5 Å². The third-order valence-corrected chi connectivity index (χ3v) is 13.6. The van der Waals surface area contributed by atoms with Crippen LogP contribution < -0.4 is 0 Å². The van der Waals surface area contributed by atoms with E-state index in [2.05, 4.69) is 57.2 Å². The summed E-state index contributed by atoms with van der Waals surface area (Å²) in [6.07, 6.45) is 70.3. The van der Waals surface area contributed by atoms with E-state index in [1.54, 1.807) is 0 Å². The highest BCUT2D eigenvalue weighted by molar-refractivity contribution is 5.71. The van der Waals surface area contributed by atoms with Crippen LogP contribution in [0.2, 0.25) is 0 Å². The maximum absolute atomic E-state index is 12.8. The summed E-state index contributed by atoms with van der Waals surface area (Å²) >= 11 is 0. The van der Waals surface area contributed by atoms with Gasteiger partial charge in [-0.15, -0.1) is 0 Å². The number of allylic oxidation sites excluding steroid dienone is 6. The second-order valence-corrected chi connectivity index (χ2v) is 20.6. The molecule has 6 nitrogen and oxygen atoms in total. The van der Waals surface area contributed by atoms with E-state index in [4.69, 9.17) is 14.2 Å². The van der Waals surface area contributed by atoms with Gasteiger partial charge in [-0.3, -0.25) is 14.4 Å². The van der Waals surface area contributed by atoms with E-state index in [1.165, 1.54) is 212 Å². The molecule has 0 aromatic rings. The predicted octanol–water partition coefficient (Wildman–Crippen LogP) is 20.4. The number of carbonyl (C=O) groups is 3. The van der Waals surface area contributed by atoms with Gasteiger partial charge in [-0.05, 0) is 57.8 Å². The lowest BCUT2D eigenvalue weighted by atomic mass is 10.0. The van der Waals surface area contributed by atoms with Gasteiger partial charge in [0.2, 0.25) is 0 Å². The summed E-state index contributed by atoms with van der Waals surface area (Å²) in [6, 6.07) is 0. The Balaban J connectivity index is 4.11. The van der Waals surface area contributed by atoms with Gasteiger partial charge in [0.05, 0.1) is 0 Å². The summed E-state index contributed by atoms with van der Waals surface area (Å²) in [6.45, 7) is 6.61. The van der Waals surface area contributed by atoms with E-state index >= 15 is 0 Å². The molecule has 0 aliphatic rings. The van der Waals surface area contributed by atoms with E-state index in [0.29, 0.717) is 19.3 Å². The number of hydrogen-bond acceptors (Lipinski definition) is 6. The number of carbonyl (C=O) groups excluding carboxylic acids is 3. The summed E-state index contributed by atoms with van der Waals surface area (Å²) in [5, 5.41) is 0. The van der Waals surface area contributed by atoms with Crippen molar-refractivity contribution in [2.24, 2.45) is 0 Å². The first-order valence-electron chi connectivity index (χ1n) is 30.5. The minimum Gasteiger partial charge on any atom is -0.462 e. The maximum atomic E-state index is 12.8. The fraction of sp³-hybridized carbons (Fsp3) is 0.857. The van der Waals surface area contributed by atoms with Gasteiger partial charge in [0.1, 0.15) is 13.2 Å². The van der Waals surface area contributed by atoms with Gasteiger partial charge in [0.25, 0.3) is 0 Å². The lowest BCUT2D eigenvalue weighted by Crippen LogP contribution is -2.30. The van der Waals surface area contributed by atoms with Crippen molar-refractivity contribution in [3.63, 3.8) is 0 Å². The number of rotatable bonds is 56. The molecule has 0 rings (SSSR count). The van der Waals surface area contributed by atoms with Gasteiger partial charge in [-0.25, -0.2) is 0 Å². The van der Waals surface area contributed by atoms with Crippen LogP contribution >= 0.6 is 0 Å². The van der Waals surface area contributed by atoms with Crippen molar-refractivity contribution in [2.45, 2.75) is 335 Å². The molecule has 0 N–H and O–H groups in total. The molecule has 0 saturated heterocycles. The van der Waals surface area contributed by atoms with E-state index < -0.39 is 6.10 Å². The fourth-order valence-corrected chi connectivity index (χ4v) is 9.04. The van der Waals surface area contributed by atoms with Crippen LogP contribution in [0, 0.1) is 0 Å². The Hall–Kier alpha value is -2.37. The normalized spacial score (nSPS) is 12.2. The van der Waals surface area contributed by atoms with Crippen LogP contribution in [0.3, 0.4) is 0 Å². The second-order valence-electron chi connectivity index (χ2n) is 20.6. The Morgan fingerprint density at radius 2 is 0.522 bits per heavy atom. The maximum Gasteiger partial charge on any atom is 0.306 e. The lowest BCUT2D eigenvalue weighted by Gasteiger charge is -2.18. The summed E-state index contributed by atoms with van der Waals surface area (Å²) in [5.41, 5.74) is 0. The molecule has 1 atom stereocenters. The van der Waals surface area contributed by atoms with Crippen molar-refractivity contribution in [1.82, 2.24) is 0 Å². The standard InChI is InChI=1S/C63H116O6/c1-4-7-10-13-16-18-20-22-24-26-28-29-30-31-32-33-35-36-38-40-42-44-47-50-53-56-62(65)68-59-60(58-67-61(64)55-52-49-46-15-12-9-6-3)69-63(66)57-54-51-48-45-43-41-39-37-34-27-25-23-21-19-17-14-11-8-5-2/h17,19,23,25,34,37,60H,4-16,18,20-22,24,26-33,35-36,38-59H2,1-3H3/b19-17-,25-23-,37-34-. The third kappa shape index (κ3) is 56.4. The number of unbranched alkanes of at least 4 members (excludes halogenated alkanes) is 39. The minimum atomic E-state index is -0.774. The second kappa shape index (κ2) is 58.2. The van der Waals surface area contributed by atoms with E-state index in [-0.39, 0.29) is 31.1 Å². The fourth-order valence-electron chi connectivity index (χ4n) is 9.04. The van der Waals surface area contributed by atoms with Gasteiger partial charge in [0, 0.05) is 19.3 Å². The molecule has 0 bridgehead atoms. The minimum absolute atomic E-state index is 0.0734. The first kappa shape index (κ1) is 66.6. The number of esters is 3. The van der Waals surface area contributed by atoms with Crippen molar-refractivity contribution in [2.75, 3.05) is 13.2 Å². The highest BCUT2D eigenvalue weighted by atomic mass is 16.6. The Kier molecular flexibility index (Phi) is 56.2. The van der Waals surface area contributed by atoms with E-state index in [0.717, 1.165) is 77.0 Å². The van der Waals surface area contributed by atoms with Crippen molar-refractivity contribution < 1.29 is 28.6 Å². The molecule has 0 amide bonds. The average molecular weight is 970 g/mol. The molecule has 1 unspecified atom stereocenters. The van der Waals surface area contributed by atoms with Crippen molar-refractivity contribution in [1.29, 1.82) is 0 Å². The molecule has 0 heterocycles. The molecular formula is C63H116O6. The SMILES string of the molecule is CCCCC/C=C\C/C=C\C/C=C\CCCCCCCCC(=O)OC(COC(=O)CCCCCCCCC)COC(=O)CCCCCCCCCCCCCCCCCCCCCCCCCCC. The van der Waals surface area contributed by atoms with Crippen molar-refractivity contribution in [3.8, 4) is 0 Å². The number of ether oxygens (including phenoxy) is 3. The highest BCUT2D eigenvalue weighted by Gasteiger charge is 2.19. The highest BCUT2D eigenvalue weighted by Crippen LogP contribution is 2.17. The molecular weight excluding hydrogens is 853 g/mol. The Morgan fingerprint density at radius 3 is 0.841 bits per heavy atom. The predicted molar refractivity (Wildman–Crippen MR) is 298 cm³/mol. The quantitative estimate of drug-likeness (QED) is 0.0261. The molecule has 0 aliphatic carbocycles. The van der Waals surface area contributed by atoms with Crippen LogP contribution in [-0.4, -0.2) is 37.2 Å². The zero-order valence-electron chi connectivity index (χ0n) is 46.3. The van der Waals surface area contributed by atoms with E-state index in [9.17, 15) is 14.4 Å². The first-order chi connectivity index (χ1) is 34.0. The molecule has 0 aromatic heterocycles. The topological polar surface area (TPSA) is 78.9 Å². The molecule has 0 fully saturated rings. The van der Waals surface area contributed by atoms with Gasteiger partial charge in [0.15, 0.2) is 6.10 Å². The van der Waals surface area contributed by atoms with Crippen LogP contribution in [-0.2, 0) is 28.6 Å². The lowest BCUT2D eigenvalue weighted by molar-refractivity contribution is -0.167. The first-order valence-corrected chi connectivity index (χ1v) is 30.5. The van der Waals surface area contributed by atoms with Crippen LogP contribution in [0.5, 0.6) is 0 Å². The smallest absolute Gasteiger partial charge is 0.306 e. The average Bonchev–Trinajstić information content (AvgIpc) is 3.35. The molecule has 404 valence electrons. The molecule has 6 heteroatoms. The number of hydrogen-bond donors (Lipinski definition) is 0. The summed E-state index contributed by atoms with van der Waals surface area (Å²) < 4.78 is 16.8. The summed E-state index contributed by atoms with van der Waals surface area (Å²) in [4.78, 5) is 38.0. The van der Waals surface area contributed by atoms with Gasteiger partial charge >= 0.3 is 17.9 Å². The van der Waals surface area contributed by atoms with Crippen LogP contribution in [0.4, 0.5) is 0 Å². The molecule has 0 radical (unpaired) electrons. The van der Waals surface area contributed by atoms with Crippen LogP contribution in [0.25, 0.3) is 0 Å². The van der Waals surface area contributed by atoms with E-state index in [1.807, 2.05) is 0 Å². The zero-order valence-corrected chi connectivity index (χ0v) is 46.3. The molecule has 0 spiro atoms. The molecule has 0 aliphatic heterocycles. The Bertz CT molecular complexity index is 1160. The Morgan fingerprint density at radius 1 is 0.290 bits per heavy atom. The van der Waals surface area contributed by atoms with Gasteiger partial charge < -0.3 is 14.2 Å². The largest absolute Gasteiger partial charge is 0.462 e. The van der Waals surface area contributed by atoms with Crippen LogP contribution in [0.1, 0.15) is 329 Å². The Labute approximate surface area is 429 Å². The molecule has 69 heavy (non-hydrogen) atoms. The van der Waals surface area contributed by atoms with Crippen LogP contribution in [0.15, 0.2) is 36.5 Å². The monoisotopic (exact) mass is 969 g/mol. The van der Waals surface area contributed by atoms with Gasteiger partial charge in [-0.1, -0.05) is 288 Å². The summed E-state index contributed by atoms with van der Waals surface area (Å²) in [7, 11) is 0. The zero-order chi connectivity index (χ0) is 50.0. The van der Waals surface area contributed by atoms with Crippen molar-refractivity contribution >= 4 is 17.9 Å². The third-order valence-electron chi connectivity index (χ3n) is 13.6. The molecule has 0 aromatic carbocycles. The van der Waals surface area contributed by atoms with Gasteiger partial charge in [-0.2, -0.15) is 0 Å².